The summed E-state index contributed by atoms with van der Waals surface area (Å²) in [6.07, 6.45) is 0. The molecule has 24 heavy (non-hydrogen) atoms. The van der Waals surface area contributed by atoms with Gasteiger partial charge < -0.3 is 14.8 Å². The average Bonchev–Trinajstić information content (AvgIpc) is 3.04. The zero-order chi connectivity index (χ0) is 17.0. The van der Waals surface area contributed by atoms with Crippen LogP contribution >= 0.6 is 35.3 Å². The fraction of sp³-hybridized carbons (Fsp3) is 0.267. The Hall–Kier alpha value is -1.84. The van der Waals surface area contributed by atoms with Crippen molar-refractivity contribution in [3.8, 4) is 11.5 Å². The molecule has 0 spiro atoms. The highest BCUT2D eigenvalue weighted by molar-refractivity contribution is 8.00. The SMILES string of the molecule is COc1ccc(C2c3sc(=S)[nH]c3SC3C(=O)NC(=O)C32)cc1O. The summed E-state index contributed by atoms with van der Waals surface area (Å²) < 4.78 is 5.68. The molecule has 1 fully saturated rings. The highest BCUT2D eigenvalue weighted by Crippen LogP contribution is 2.52. The van der Waals surface area contributed by atoms with Gasteiger partial charge in [-0.25, -0.2) is 0 Å². The van der Waals surface area contributed by atoms with Crippen LogP contribution in [0.5, 0.6) is 11.5 Å². The molecule has 1 saturated heterocycles. The number of phenols is 1. The molecular weight excluding hydrogens is 368 g/mol. The minimum atomic E-state index is -0.524. The fourth-order valence-corrected chi connectivity index (χ4v) is 6.12. The number of ether oxygens (including phenoxy) is 1. The van der Waals surface area contributed by atoms with Gasteiger partial charge in [-0.2, -0.15) is 0 Å². The van der Waals surface area contributed by atoms with Gasteiger partial charge in [-0.1, -0.05) is 17.8 Å². The van der Waals surface area contributed by atoms with Crippen LogP contribution in [0, 0.1) is 9.87 Å². The van der Waals surface area contributed by atoms with E-state index in [1.807, 2.05) is 0 Å². The molecule has 2 aliphatic rings. The van der Waals surface area contributed by atoms with Crippen molar-refractivity contribution in [2.45, 2.75) is 16.2 Å². The number of nitrogens with one attached hydrogen (secondary N) is 2. The standard InChI is InChI=1S/C15H12N2O4S3/c1-21-7-3-2-5(4-6(7)18)8-9-10(13(20)16-12(9)19)23-14-11(8)24-15(22)17-14/h2-4,8-10,18H,1H3,(H,17,22)(H,16,19,20). The first-order valence-corrected chi connectivity index (χ1v) is 9.21. The zero-order valence-corrected chi connectivity index (χ0v) is 14.8. The molecule has 2 aliphatic heterocycles. The molecule has 2 amide bonds. The number of methoxy groups -OCH3 is 1. The molecule has 0 radical (unpaired) electrons. The van der Waals surface area contributed by atoms with Crippen LogP contribution in [-0.4, -0.2) is 34.3 Å². The van der Waals surface area contributed by atoms with Gasteiger partial charge in [0.15, 0.2) is 15.5 Å². The molecule has 3 atom stereocenters. The molecule has 124 valence electrons. The maximum atomic E-state index is 12.4. The number of imide groups is 1. The van der Waals surface area contributed by atoms with Crippen molar-refractivity contribution in [2.24, 2.45) is 5.92 Å². The normalized spacial score (nSPS) is 25.1. The second-order valence-corrected chi connectivity index (χ2v) is 8.41. The largest absolute Gasteiger partial charge is 0.504 e. The number of phenolic OH excluding ortho intramolecular Hbond substituents is 1. The van der Waals surface area contributed by atoms with Crippen LogP contribution in [0.2, 0.25) is 0 Å². The van der Waals surface area contributed by atoms with E-state index in [-0.39, 0.29) is 23.5 Å². The van der Waals surface area contributed by atoms with Gasteiger partial charge in [0.2, 0.25) is 11.8 Å². The summed E-state index contributed by atoms with van der Waals surface area (Å²) in [5, 5.41) is 12.8. The van der Waals surface area contributed by atoms with Crippen molar-refractivity contribution in [1.29, 1.82) is 0 Å². The number of hydrogen-bond donors (Lipinski definition) is 3. The Morgan fingerprint density at radius 3 is 2.79 bits per heavy atom. The number of H-pyrrole nitrogens is 1. The lowest BCUT2D eigenvalue weighted by Gasteiger charge is -2.30. The molecule has 6 nitrogen and oxygen atoms in total. The molecule has 3 unspecified atom stereocenters. The number of thioether (sulfide) groups is 1. The molecule has 0 bridgehead atoms. The number of fused-ring (bicyclic) bond motifs is 2. The van der Waals surface area contributed by atoms with Crippen molar-refractivity contribution in [2.75, 3.05) is 7.11 Å². The number of aromatic amines is 1. The number of carbonyl (C=O) groups excluding carboxylic acids is 2. The van der Waals surface area contributed by atoms with Crippen LogP contribution < -0.4 is 10.1 Å². The molecule has 3 heterocycles. The van der Waals surface area contributed by atoms with Crippen molar-refractivity contribution < 1.29 is 19.4 Å². The Morgan fingerprint density at radius 1 is 1.29 bits per heavy atom. The third-order valence-corrected chi connectivity index (χ3v) is 6.99. The molecule has 2 aromatic rings. The summed E-state index contributed by atoms with van der Waals surface area (Å²) in [6, 6.07) is 5.04. The van der Waals surface area contributed by atoms with E-state index < -0.39 is 11.2 Å². The number of amides is 2. The molecule has 3 N–H and O–H groups in total. The van der Waals surface area contributed by atoms with Crippen LogP contribution in [0.4, 0.5) is 0 Å². The van der Waals surface area contributed by atoms with Gasteiger partial charge in [-0.3, -0.25) is 14.9 Å². The van der Waals surface area contributed by atoms with Gasteiger partial charge in [-0.15, -0.1) is 11.3 Å². The van der Waals surface area contributed by atoms with E-state index in [1.54, 1.807) is 18.2 Å². The number of hydrogen-bond acceptors (Lipinski definition) is 7. The van der Waals surface area contributed by atoms with Crippen molar-refractivity contribution >= 4 is 47.1 Å². The van der Waals surface area contributed by atoms with Crippen LogP contribution in [0.25, 0.3) is 0 Å². The molecule has 0 aliphatic carbocycles. The molecule has 4 rings (SSSR count). The van der Waals surface area contributed by atoms with Gasteiger partial charge in [0.05, 0.1) is 18.1 Å². The van der Waals surface area contributed by atoms with Gasteiger partial charge >= 0.3 is 0 Å². The maximum absolute atomic E-state index is 12.4. The Morgan fingerprint density at radius 2 is 2.08 bits per heavy atom. The first kappa shape index (κ1) is 15.7. The Kier molecular flexibility index (Phi) is 3.66. The lowest BCUT2D eigenvalue weighted by Crippen LogP contribution is -2.31. The number of rotatable bonds is 2. The molecule has 9 heteroatoms. The number of aromatic hydroxyl groups is 1. The van der Waals surface area contributed by atoms with Gasteiger partial charge in [0.25, 0.3) is 0 Å². The second-order valence-electron chi connectivity index (χ2n) is 5.53. The van der Waals surface area contributed by atoms with Crippen LogP contribution in [0.1, 0.15) is 16.4 Å². The Bertz CT molecular complexity index is 920. The third kappa shape index (κ3) is 2.27. The van der Waals surface area contributed by atoms with Crippen LogP contribution in [-0.2, 0) is 9.59 Å². The van der Waals surface area contributed by atoms with E-state index in [9.17, 15) is 14.7 Å². The molecule has 0 saturated carbocycles. The number of benzene rings is 1. The summed E-state index contributed by atoms with van der Waals surface area (Å²) >= 11 is 7.97. The quantitative estimate of drug-likeness (QED) is 0.547. The summed E-state index contributed by atoms with van der Waals surface area (Å²) in [6.45, 7) is 0. The van der Waals surface area contributed by atoms with Crippen molar-refractivity contribution in [1.82, 2.24) is 10.3 Å². The molecular formula is C15H12N2O4S3. The van der Waals surface area contributed by atoms with E-state index in [0.29, 0.717) is 9.70 Å². The zero-order valence-electron chi connectivity index (χ0n) is 12.4. The average molecular weight is 380 g/mol. The van der Waals surface area contributed by atoms with E-state index in [2.05, 4.69) is 10.3 Å². The molecule has 1 aromatic carbocycles. The van der Waals surface area contributed by atoms with E-state index in [1.165, 1.54) is 30.2 Å². The minimum absolute atomic E-state index is 0.00445. The Balaban J connectivity index is 1.90. The molecule has 1 aromatic heterocycles. The number of thiazole rings is 1. The second kappa shape index (κ2) is 5.61. The van der Waals surface area contributed by atoms with Gasteiger partial charge in [0.1, 0.15) is 5.25 Å². The van der Waals surface area contributed by atoms with E-state index in [0.717, 1.165) is 15.5 Å². The Labute approximate surface area is 150 Å². The third-order valence-electron chi connectivity index (χ3n) is 4.22. The van der Waals surface area contributed by atoms with E-state index in [4.69, 9.17) is 17.0 Å². The highest BCUT2D eigenvalue weighted by atomic mass is 32.2. The van der Waals surface area contributed by atoms with Crippen LogP contribution in [0.15, 0.2) is 23.2 Å². The lowest BCUT2D eigenvalue weighted by atomic mass is 9.83. The van der Waals surface area contributed by atoms with Gasteiger partial charge in [0, 0.05) is 10.8 Å². The first-order valence-electron chi connectivity index (χ1n) is 7.11. The number of carbonyl (C=O) groups is 2. The minimum Gasteiger partial charge on any atom is -0.504 e. The predicted octanol–water partition coefficient (Wildman–Crippen LogP) is 2.40. The first-order chi connectivity index (χ1) is 11.5. The monoisotopic (exact) mass is 380 g/mol. The topological polar surface area (TPSA) is 91.4 Å². The van der Waals surface area contributed by atoms with E-state index >= 15 is 0 Å². The predicted molar refractivity (Wildman–Crippen MR) is 92.3 cm³/mol. The summed E-state index contributed by atoms with van der Waals surface area (Å²) in [7, 11) is 1.47. The smallest absolute Gasteiger partial charge is 0.240 e. The highest BCUT2D eigenvalue weighted by Gasteiger charge is 2.52. The van der Waals surface area contributed by atoms with Crippen molar-refractivity contribution in [3.63, 3.8) is 0 Å². The summed E-state index contributed by atoms with van der Waals surface area (Å²) in [4.78, 5) is 28.5. The number of aromatic nitrogens is 1. The fourth-order valence-electron chi connectivity index (χ4n) is 3.20. The van der Waals surface area contributed by atoms with Crippen molar-refractivity contribution in [3.05, 3.63) is 32.6 Å². The maximum Gasteiger partial charge on any atom is 0.240 e. The summed E-state index contributed by atoms with van der Waals surface area (Å²) in [5.74, 6) is -1.09. The summed E-state index contributed by atoms with van der Waals surface area (Å²) in [5.41, 5.74) is 0.750. The van der Waals surface area contributed by atoms with Crippen LogP contribution in [0.3, 0.4) is 0 Å². The lowest BCUT2D eigenvalue weighted by molar-refractivity contribution is -0.125. The van der Waals surface area contributed by atoms with Gasteiger partial charge in [-0.05, 0) is 29.9 Å².